The number of nitro benzene ring substituents is 1. The molecule has 3 heterocycles. The van der Waals surface area contributed by atoms with E-state index in [0.717, 1.165) is 13.1 Å². The zero-order valence-electron chi connectivity index (χ0n) is 16.6. The number of Topliss-reactive ketones (excluding diaryl/α,β-unsaturated/α-hetero) is 1. The molecule has 4 rings (SSSR count). The van der Waals surface area contributed by atoms with Gasteiger partial charge in [-0.1, -0.05) is 18.2 Å². The first kappa shape index (κ1) is 21.2. The van der Waals surface area contributed by atoms with Gasteiger partial charge in [0.2, 0.25) is 5.78 Å². The molecule has 0 bridgehead atoms. The van der Waals surface area contributed by atoms with E-state index in [1.165, 1.54) is 34.4 Å². The van der Waals surface area contributed by atoms with E-state index in [9.17, 15) is 24.8 Å². The fourth-order valence-corrected chi connectivity index (χ4v) is 4.56. The van der Waals surface area contributed by atoms with E-state index in [0.29, 0.717) is 30.2 Å². The first-order valence-corrected chi connectivity index (χ1v) is 10.7. The molecule has 162 valence electrons. The van der Waals surface area contributed by atoms with Gasteiger partial charge in [0.05, 0.1) is 34.6 Å². The number of thiophene rings is 1. The number of aliphatic hydroxyl groups excluding tert-OH is 1. The molecule has 0 saturated carbocycles. The number of nitrogens with zero attached hydrogens (tertiary/aromatic N) is 3. The number of nitro groups is 1. The van der Waals surface area contributed by atoms with Crippen molar-refractivity contribution < 1.29 is 24.4 Å². The maximum Gasteiger partial charge on any atom is 0.290 e. The number of ether oxygens (including phenoxy) is 1. The third kappa shape index (κ3) is 4.22. The molecule has 1 amide bonds. The molecule has 0 spiro atoms. The van der Waals surface area contributed by atoms with Crippen LogP contribution in [0.1, 0.15) is 21.3 Å². The van der Waals surface area contributed by atoms with E-state index in [4.69, 9.17) is 4.74 Å². The molecule has 1 aromatic heterocycles. The van der Waals surface area contributed by atoms with Crippen LogP contribution in [0, 0.1) is 10.1 Å². The topological polar surface area (TPSA) is 113 Å². The number of aliphatic hydroxyl groups is 1. The van der Waals surface area contributed by atoms with Crippen molar-refractivity contribution in [1.29, 1.82) is 0 Å². The smallest absolute Gasteiger partial charge is 0.290 e. The molecule has 0 aliphatic carbocycles. The maximum atomic E-state index is 13.2. The Hall–Kier alpha value is -3.08. The normalized spacial score (nSPS) is 19.8. The van der Waals surface area contributed by atoms with Crippen LogP contribution in [0.2, 0.25) is 0 Å². The summed E-state index contributed by atoms with van der Waals surface area (Å²) in [5.74, 6) is -1.70. The van der Waals surface area contributed by atoms with Crippen molar-refractivity contribution in [3.63, 3.8) is 0 Å². The van der Waals surface area contributed by atoms with Gasteiger partial charge in [-0.05, 0) is 17.0 Å². The highest BCUT2D eigenvalue weighted by Gasteiger charge is 2.44. The Balaban J connectivity index is 1.70. The van der Waals surface area contributed by atoms with Crippen LogP contribution < -0.4 is 0 Å². The van der Waals surface area contributed by atoms with E-state index in [2.05, 4.69) is 4.90 Å². The van der Waals surface area contributed by atoms with E-state index in [1.807, 2.05) is 0 Å². The standard InChI is InChI=1S/C21H21N3O6S/c25-19(16-5-2-12-31-16)17-18(14-3-1-4-15(13-14)24(28)29)23(21(27)20(17)26)7-6-22-8-10-30-11-9-22/h1-5,12-13,18,26H,6-11H2/t18-/m1/s1. The van der Waals surface area contributed by atoms with Crippen LogP contribution in [-0.2, 0) is 9.53 Å². The Morgan fingerprint density at radius 1 is 1.23 bits per heavy atom. The van der Waals surface area contributed by atoms with Gasteiger partial charge in [0.1, 0.15) is 0 Å². The number of ketones is 1. The summed E-state index contributed by atoms with van der Waals surface area (Å²) in [5.41, 5.74) is 0.218. The molecule has 2 aliphatic heterocycles. The van der Waals surface area contributed by atoms with Crippen molar-refractivity contribution in [2.45, 2.75) is 6.04 Å². The number of rotatable bonds is 7. The highest BCUT2D eigenvalue weighted by molar-refractivity contribution is 7.12. The highest BCUT2D eigenvalue weighted by atomic mass is 32.1. The number of carbonyl (C=O) groups is 2. The number of morpholine rings is 1. The number of hydrogen-bond donors (Lipinski definition) is 1. The predicted molar refractivity (Wildman–Crippen MR) is 113 cm³/mol. The molecule has 9 nitrogen and oxygen atoms in total. The van der Waals surface area contributed by atoms with Gasteiger partial charge < -0.3 is 14.7 Å². The molecule has 1 saturated heterocycles. The van der Waals surface area contributed by atoms with Gasteiger partial charge in [0.15, 0.2) is 5.76 Å². The van der Waals surface area contributed by atoms with Crippen molar-refractivity contribution in [1.82, 2.24) is 9.80 Å². The average molecular weight is 443 g/mol. The second-order valence-corrected chi connectivity index (χ2v) is 8.22. The van der Waals surface area contributed by atoms with Gasteiger partial charge >= 0.3 is 0 Å². The quantitative estimate of drug-likeness (QED) is 0.397. The van der Waals surface area contributed by atoms with Gasteiger partial charge in [0, 0.05) is 38.3 Å². The molecule has 1 fully saturated rings. The number of carbonyl (C=O) groups excluding carboxylic acids is 2. The second kappa shape index (κ2) is 8.96. The van der Waals surface area contributed by atoms with E-state index >= 15 is 0 Å². The second-order valence-electron chi connectivity index (χ2n) is 7.28. The van der Waals surface area contributed by atoms with E-state index < -0.39 is 28.4 Å². The third-order valence-corrected chi connectivity index (χ3v) is 6.32. The van der Waals surface area contributed by atoms with Gasteiger partial charge in [-0.2, -0.15) is 0 Å². The summed E-state index contributed by atoms with van der Waals surface area (Å²) >= 11 is 1.21. The Morgan fingerprint density at radius 3 is 2.68 bits per heavy atom. The number of non-ortho nitro benzene ring substituents is 1. The minimum atomic E-state index is -0.900. The first-order valence-electron chi connectivity index (χ1n) is 9.84. The Bertz CT molecular complexity index is 1030. The summed E-state index contributed by atoms with van der Waals surface area (Å²) in [6.45, 7) is 3.46. The molecule has 0 unspecified atom stereocenters. The molecule has 31 heavy (non-hydrogen) atoms. The predicted octanol–water partition coefficient (Wildman–Crippen LogP) is 2.57. The lowest BCUT2D eigenvalue weighted by molar-refractivity contribution is -0.384. The van der Waals surface area contributed by atoms with Crippen LogP contribution in [-0.4, -0.2) is 70.9 Å². The Labute approximate surface area is 182 Å². The lowest BCUT2D eigenvalue weighted by Crippen LogP contribution is -2.43. The summed E-state index contributed by atoms with van der Waals surface area (Å²) in [7, 11) is 0. The molecule has 1 atom stereocenters. The van der Waals surface area contributed by atoms with Crippen molar-refractivity contribution in [2.24, 2.45) is 0 Å². The van der Waals surface area contributed by atoms with Gasteiger partial charge in [-0.3, -0.25) is 24.6 Å². The van der Waals surface area contributed by atoms with Gasteiger partial charge in [-0.25, -0.2) is 0 Å². The highest BCUT2D eigenvalue weighted by Crippen LogP contribution is 2.40. The van der Waals surface area contributed by atoms with E-state index in [1.54, 1.807) is 23.6 Å². The summed E-state index contributed by atoms with van der Waals surface area (Å²) in [6.07, 6.45) is 0. The first-order chi connectivity index (χ1) is 15.0. The monoisotopic (exact) mass is 443 g/mol. The van der Waals surface area contributed by atoms with Crippen molar-refractivity contribution >= 4 is 28.7 Å². The van der Waals surface area contributed by atoms with Gasteiger partial charge in [-0.15, -0.1) is 11.3 Å². The van der Waals surface area contributed by atoms with Crippen LogP contribution in [0.5, 0.6) is 0 Å². The number of amides is 1. The van der Waals surface area contributed by atoms with Crippen LogP contribution in [0.15, 0.2) is 53.1 Å². The molecule has 1 aromatic carbocycles. The summed E-state index contributed by atoms with van der Waals surface area (Å²) in [5, 5.41) is 23.7. The van der Waals surface area contributed by atoms with Crippen molar-refractivity contribution in [2.75, 3.05) is 39.4 Å². The summed E-state index contributed by atoms with van der Waals surface area (Å²) < 4.78 is 5.35. The fraction of sp³-hybridized carbons (Fsp3) is 0.333. The zero-order chi connectivity index (χ0) is 22.0. The molecule has 0 radical (unpaired) electrons. The summed E-state index contributed by atoms with van der Waals surface area (Å²) in [6, 6.07) is 8.28. The molecular weight excluding hydrogens is 422 g/mol. The van der Waals surface area contributed by atoms with Crippen LogP contribution in [0.3, 0.4) is 0 Å². The lowest BCUT2D eigenvalue weighted by Gasteiger charge is -2.31. The van der Waals surface area contributed by atoms with Crippen LogP contribution in [0.4, 0.5) is 5.69 Å². The molecule has 1 N–H and O–H groups in total. The Kier molecular flexibility index (Phi) is 6.12. The Morgan fingerprint density at radius 2 is 2.00 bits per heavy atom. The zero-order valence-corrected chi connectivity index (χ0v) is 17.4. The van der Waals surface area contributed by atoms with Gasteiger partial charge in [0.25, 0.3) is 11.6 Å². The maximum absolute atomic E-state index is 13.2. The SMILES string of the molecule is O=C(C1=C(O)C(=O)N(CCN2CCOCC2)[C@@H]1c1cccc([N+](=O)[O-])c1)c1cccs1. The average Bonchev–Trinajstić information content (AvgIpc) is 3.40. The molecule has 2 aliphatic rings. The molecule has 10 heteroatoms. The largest absolute Gasteiger partial charge is 0.503 e. The lowest BCUT2D eigenvalue weighted by atomic mass is 9.95. The minimum absolute atomic E-state index is 0.0464. The third-order valence-electron chi connectivity index (χ3n) is 5.45. The van der Waals surface area contributed by atoms with Crippen LogP contribution in [0.25, 0.3) is 0 Å². The van der Waals surface area contributed by atoms with Crippen molar-refractivity contribution in [3.8, 4) is 0 Å². The molecule has 2 aromatic rings. The minimum Gasteiger partial charge on any atom is -0.503 e. The fourth-order valence-electron chi connectivity index (χ4n) is 3.89. The summed E-state index contributed by atoms with van der Waals surface area (Å²) in [4.78, 5) is 40.8. The van der Waals surface area contributed by atoms with E-state index in [-0.39, 0.29) is 17.8 Å². The number of benzene rings is 1. The molecular formula is C21H21N3O6S. The van der Waals surface area contributed by atoms with Crippen molar-refractivity contribution in [3.05, 3.63) is 73.7 Å². The number of hydrogen-bond acceptors (Lipinski definition) is 8. The van der Waals surface area contributed by atoms with Crippen LogP contribution >= 0.6 is 11.3 Å².